The van der Waals surface area contributed by atoms with Gasteiger partial charge < -0.3 is 10.5 Å². The second-order valence-corrected chi connectivity index (χ2v) is 3.53. The SMILES string of the molecule is NC1(C(=O)c2cccnc2)CCOC1. The van der Waals surface area contributed by atoms with Gasteiger partial charge in [-0.05, 0) is 18.6 Å². The summed E-state index contributed by atoms with van der Waals surface area (Å²) in [5.74, 6) is -0.0805. The van der Waals surface area contributed by atoms with Crippen LogP contribution in [0.25, 0.3) is 0 Å². The van der Waals surface area contributed by atoms with Crippen LogP contribution in [0, 0.1) is 0 Å². The Labute approximate surface area is 82.1 Å². The Bertz CT molecular complexity index is 331. The van der Waals surface area contributed by atoms with E-state index in [9.17, 15) is 4.79 Å². The van der Waals surface area contributed by atoms with Gasteiger partial charge in [0.2, 0.25) is 0 Å². The van der Waals surface area contributed by atoms with Gasteiger partial charge in [-0.25, -0.2) is 0 Å². The molecule has 4 nitrogen and oxygen atoms in total. The van der Waals surface area contributed by atoms with Gasteiger partial charge in [-0.3, -0.25) is 9.78 Å². The summed E-state index contributed by atoms with van der Waals surface area (Å²) in [6, 6.07) is 3.45. The Balaban J connectivity index is 2.24. The lowest BCUT2D eigenvalue weighted by molar-refractivity contribution is 0.0862. The number of rotatable bonds is 2. The predicted octanol–water partition coefficient (Wildman–Crippen LogP) is 0.382. The molecular weight excluding hydrogens is 180 g/mol. The van der Waals surface area contributed by atoms with Gasteiger partial charge in [0.05, 0.1) is 6.61 Å². The minimum Gasteiger partial charge on any atom is -0.379 e. The third-order valence-corrected chi connectivity index (χ3v) is 2.43. The molecule has 1 aliphatic heterocycles. The van der Waals surface area contributed by atoms with E-state index in [1.54, 1.807) is 18.3 Å². The Morgan fingerprint density at radius 3 is 3.07 bits per heavy atom. The maximum Gasteiger partial charge on any atom is 0.186 e. The highest BCUT2D eigenvalue weighted by atomic mass is 16.5. The van der Waals surface area contributed by atoms with Crippen LogP contribution in [-0.4, -0.2) is 29.5 Å². The summed E-state index contributed by atoms with van der Waals surface area (Å²) in [7, 11) is 0. The minimum atomic E-state index is -0.844. The van der Waals surface area contributed by atoms with E-state index >= 15 is 0 Å². The molecule has 4 heteroatoms. The zero-order valence-electron chi connectivity index (χ0n) is 7.77. The van der Waals surface area contributed by atoms with E-state index in [1.807, 2.05) is 0 Å². The number of hydrogen-bond donors (Lipinski definition) is 1. The highest BCUT2D eigenvalue weighted by Crippen LogP contribution is 2.20. The Morgan fingerprint density at radius 1 is 1.64 bits per heavy atom. The topological polar surface area (TPSA) is 65.2 Å². The first-order valence-electron chi connectivity index (χ1n) is 4.54. The number of carbonyl (C=O) groups excluding carboxylic acids is 1. The molecule has 2 N–H and O–H groups in total. The second kappa shape index (κ2) is 3.48. The standard InChI is InChI=1S/C10H12N2O2/c11-10(3-5-14-7-10)9(13)8-2-1-4-12-6-8/h1-2,4,6H,3,5,7,11H2. The zero-order valence-corrected chi connectivity index (χ0v) is 7.77. The average Bonchev–Trinajstić information content (AvgIpc) is 2.67. The molecule has 1 aliphatic rings. The summed E-state index contributed by atoms with van der Waals surface area (Å²) in [4.78, 5) is 15.8. The fourth-order valence-corrected chi connectivity index (χ4v) is 1.54. The lowest BCUT2D eigenvalue weighted by Crippen LogP contribution is -2.48. The summed E-state index contributed by atoms with van der Waals surface area (Å²) in [5.41, 5.74) is 5.64. The molecule has 1 aromatic heterocycles. The van der Waals surface area contributed by atoms with E-state index in [-0.39, 0.29) is 5.78 Å². The molecule has 0 saturated carbocycles. The van der Waals surface area contributed by atoms with Crippen molar-refractivity contribution in [3.63, 3.8) is 0 Å². The van der Waals surface area contributed by atoms with Gasteiger partial charge >= 0.3 is 0 Å². The first kappa shape index (κ1) is 9.30. The minimum absolute atomic E-state index is 0.0805. The Hall–Kier alpha value is -1.26. The van der Waals surface area contributed by atoms with Gasteiger partial charge in [0.15, 0.2) is 5.78 Å². The van der Waals surface area contributed by atoms with Crippen molar-refractivity contribution < 1.29 is 9.53 Å². The van der Waals surface area contributed by atoms with Crippen LogP contribution in [0.4, 0.5) is 0 Å². The van der Waals surface area contributed by atoms with Crippen LogP contribution in [0.15, 0.2) is 24.5 Å². The molecule has 1 saturated heterocycles. The number of ketones is 1. The van der Waals surface area contributed by atoms with Crippen molar-refractivity contribution in [1.82, 2.24) is 4.98 Å². The molecule has 1 aromatic rings. The van der Waals surface area contributed by atoms with E-state index in [0.29, 0.717) is 25.2 Å². The van der Waals surface area contributed by atoms with Crippen LogP contribution in [0.1, 0.15) is 16.8 Å². The van der Waals surface area contributed by atoms with E-state index < -0.39 is 5.54 Å². The predicted molar refractivity (Wildman–Crippen MR) is 50.9 cm³/mol. The molecule has 2 heterocycles. The summed E-state index contributed by atoms with van der Waals surface area (Å²) in [6.07, 6.45) is 3.75. The lowest BCUT2D eigenvalue weighted by Gasteiger charge is -2.19. The third-order valence-electron chi connectivity index (χ3n) is 2.43. The Morgan fingerprint density at radius 2 is 2.50 bits per heavy atom. The van der Waals surface area contributed by atoms with Crippen molar-refractivity contribution in [3.8, 4) is 0 Å². The van der Waals surface area contributed by atoms with Crippen LogP contribution in [0.5, 0.6) is 0 Å². The first-order valence-corrected chi connectivity index (χ1v) is 4.54. The molecule has 0 aliphatic carbocycles. The normalized spacial score (nSPS) is 26.4. The largest absolute Gasteiger partial charge is 0.379 e. The molecule has 74 valence electrons. The molecule has 14 heavy (non-hydrogen) atoms. The Kier molecular flexibility index (Phi) is 2.31. The van der Waals surface area contributed by atoms with Crippen LogP contribution in [0.2, 0.25) is 0 Å². The van der Waals surface area contributed by atoms with Gasteiger partial charge in [0.25, 0.3) is 0 Å². The van der Waals surface area contributed by atoms with Crippen molar-refractivity contribution in [2.75, 3.05) is 13.2 Å². The van der Waals surface area contributed by atoms with Gasteiger partial charge in [0, 0.05) is 24.6 Å². The number of Topliss-reactive ketones (excluding diaryl/α,β-unsaturated/α-hetero) is 1. The van der Waals surface area contributed by atoms with Gasteiger partial charge in [-0.15, -0.1) is 0 Å². The fourth-order valence-electron chi connectivity index (χ4n) is 1.54. The summed E-state index contributed by atoms with van der Waals surface area (Å²) in [6.45, 7) is 0.864. The molecule has 0 bridgehead atoms. The van der Waals surface area contributed by atoms with Crippen LogP contribution >= 0.6 is 0 Å². The van der Waals surface area contributed by atoms with Crippen molar-refractivity contribution in [2.24, 2.45) is 5.73 Å². The van der Waals surface area contributed by atoms with E-state index in [2.05, 4.69) is 4.98 Å². The number of aromatic nitrogens is 1. The molecule has 2 rings (SSSR count). The molecule has 1 fully saturated rings. The van der Waals surface area contributed by atoms with E-state index in [0.717, 1.165) is 0 Å². The maximum absolute atomic E-state index is 11.9. The average molecular weight is 192 g/mol. The fraction of sp³-hybridized carbons (Fsp3) is 0.400. The second-order valence-electron chi connectivity index (χ2n) is 3.53. The molecule has 0 spiro atoms. The van der Waals surface area contributed by atoms with Gasteiger partial charge in [-0.1, -0.05) is 0 Å². The van der Waals surface area contributed by atoms with Crippen molar-refractivity contribution in [2.45, 2.75) is 12.0 Å². The molecular formula is C10H12N2O2. The molecule has 0 radical (unpaired) electrons. The number of pyridine rings is 1. The molecule has 0 amide bonds. The molecule has 1 unspecified atom stereocenters. The van der Waals surface area contributed by atoms with E-state index in [4.69, 9.17) is 10.5 Å². The van der Waals surface area contributed by atoms with Gasteiger partial charge in [-0.2, -0.15) is 0 Å². The summed E-state index contributed by atoms with van der Waals surface area (Å²) in [5, 5.41) is 0. The lowest BCUT2D eigenvalue weighted by atomic mass is 9.90. The third kappa shape index (κ3) is 1.54. The summed E-state index contributed by atoms with van der Waals surface area (Å²) < 4.78 is 5.14. The molecule has 1 atom stereocenters. The number of nitrogens with zero attached hydrogens (tertiary/aromatic N) is 1. The van der Waals surface area contributed by atoms with Crippen LogP contribution in [0.3, 0.4) is 0 Å². The highest BCUT2D eigenvalue weighted by Gasteiger charge is 2.38. The first-order chi connectivity index (χ1) is 6.72. The van der Waals surface area contributed by atoms with Crippen molar-refractivity contribution in [1.29, 1.82) is 0 Å². The van der Waals surface area contributed by atoms with Crippen LogP contribution in [-0.2, 0) is 4.74 Å². The van der Waals surface area contributed by atoms with Crippen molar-refractivity contribution >= 4 is 5.78 Å². The quantitative estimate of drug-likeness (QED) is 0.688. The van der Waals surface area contributed by atoms with Crippen LogP contribution < -0.4 is 5.73 Å². The number of ether oxygens (including phenoxy) is 1. The van der Waals surface area contributed by atoms with E-state index in [1.165, 1.54) is 6.20 Å². The van der Waals surface area contributed by atoms with Gasteiger partial charge in [0.1, 0.15) is 5.54 Å². The zero-order chi connectivity index (χ0) is 10.0. The highest BCUT2D eigenvalue weighted by molar-refractivity contribution is 6.03. The smallest absolute Gasteiger partial charge is 0.186 e. The number of nitrogens with two attached hydrogens (primary N) is 1. The summed E-state index contributed by atoms with van der Waals surface area (Å²) >= 11 is 0. The monoisotopic (exact) mass is 192 g/mol. The molecule has 0 aromatic carbocycles. The van der Waals surface area contributed by atoms with Crippen molar-refractivity contribution in [3.05, 3.63) is 30.1 Å². The number of hydrogen-bond acceptors (Lipinski definition) is 4. The number of carbonyl (C=O) groups is 1. The maximum atomic E-state index is 11.9.